The van der Waals surface area contributed by atoms with E-state index in [-0.39, 0.29) is 17.2 Å². The standard InChI is InChI=1S/C16H27FN2O4Si/c1-7-11-12(23-24(5,6)16(2,3)4)8-13(22-11)19-9-10(17)14(20)18-15(19)21/h9,11-13H,7-8H2,1-6H3,(H,18,20,21)/t11-,12+,13-/m1/s1. The molecule has 2 heterocycles. The fraction of sp³-hybridized carbons (Fsp3) is 0.750. The van der Waals surface area contributed by atoms with Gasteiger partial charge in [-0.25, -0.2) is 4.79 Å². The first kappa shape index (κ1) is 19.1. The zero-order valence-corrected chi connectivity index (χ0v) is 16.2. The highest BCUT2D eigenvalue weighted by Gasteiger charge is 2.44. The number of nitrogens with one attached hydrogen (secondary N) is 1. The lowest BCUT2D eigenvalue weighted by molar-refractivity contribution is -0.0202. The van der Waals surface area contributed by atoms with Crippen molar-refractivity contribution in [3.05, 3.63) is 32.9 Å². The second-order valence-corrected chi connectivity index (χ2v) is 12.6. The maximum absolute atomic E-state index is 13.5. The van der Waals surface area contributed by atoms with Crippen molar-refractivity contribution >= 4 is 8.32 Å². The second-order valence-electron chi connectivity index (χ2n) is 7.83. The molecule has 8 heteroatoms. The van der Waals surface area contributed by atoms with Gasteiger partial charge in [0, 0.05) is 6.42 Å². The summed E-state index contributed by atoms with van der Waals surface area (Å²) in [5, 5.41) is 0.0598. The van der Waals surface area contributed by atoms with Crippen LogP contribution in [-0.2, 0) is 9.16 Å². The molecule has 0 amide bonds. The molecular weight excluding hydrogens is 331 g/mol. The Labute approximate surface area is 142 Å². The smallest absolute Gasteiger partial charge is 0.330 e. The number of aromatic amines is 1. The molecule has 2 rings (SSSR count). The minimum absolute atomic E-state index is 0.0598. The summed E-state index contributed by atoms with van der Waals surface area (Å²) in [4.78, 5) is 25.1. The number of hydrogen-bond acceptors (Lipinski definition) is 4. The highest BCUT2D eigenvalue weighted by atomic mass is 28.4. The monoisotopic (exact) mass is 358 g/mol. The first-order valence-electron chi connectivity index (χ1n) is 8.30. The minimum Gasteiger partial charge on any atom is -0.411 e. The van der Waals surface area contributed by atoms with E-state index in [9.17, 15) is 14.0 Å². The average molecular weight is 358 g/mol. The van der Waals surface area contributed by atoms with E-state index in [1.807, 2.05) is 11.9 Å². The fourth-order valence-electron chi connectivity index (χ4n) is 2.59. The van der Waals surface area contributed by atoms with Crippen LogP contribution in [0.3, 0.4) is 0 Å². The Morgan fingerprint density at radius 2 is 2.04 bits per heavy atom. The predicted molar refractivity (Wildman–Crippen MR) is 92.2 cm³/mol. The van der Waals surface area contributed by atoms with Gasteiger partial charge in [-0.1, -0.05) is 27.7 Å². The lowest BCUT2D eigenvalue weighted by Gasteiger charge is -2.39. The van der Waals surface area contributed by atoms with Gasteiger partial charge in [-0.05, 0) is 24.6 Å². The van der Waals surface area contributed by atoms with E-state index < -0.39 is 31.6 Å². The molecule has 3 atom stereocenters. The van der Waals surface area contributed by atoms with Crippen molar-refractivity contribution in [2.75, 3.05) is 0 Å². The normalized spacial score (nSPS) is 25.2. The van der Waals surface area contributed by atoms with Gasteiger partial charge in [-0.3, -0.25) is 14.3 Å². The maximum Gasteiger partial charge on any atom is 0.330 e. The SMILES string of the molecule is CC[C@H]1O[C@@H](n2cc(F)c(=O)[nH]c2=O)C[C@@H]1O[Si](C)(C)C(C)(C)C. The summed E-state index contributed by atoms with van der Waals surface area (Å²) in [7, 11) is -1.99. The molecule has 24 heavy (non-hydrogen) atoms. The number of H-pyrrole nitrogens is 1. The number of ether oxygens (including phenoxy) is 1. The van der Waals surface area contributed by atoms with E-state index in [1.54, 1.807) is 0 Å². The van der Waals surface area contributed by atoms with Gasteiger partial charge in [0.1, 0.15) is 6.23 Å². The molecule has 1 aromatic heterocycles. The molecule has 1 saturated heterocycles. The molecule has 1 fully saturated rings. The van der Waals surface area contributed by atoms with Crippen LogP contribution in [0, 0.1) is 5.82 Å². The van der Waals surface area contributed by atoms with Crippen molar-refractivity contribution in [3.8, 4) is 0 Å². The molecule has 0 radical (unpaired) electrons. The predicted octanol–water partition coefficient (Wildman–Crippen LogP) is 2.76. The molecule has 0 unspecified atom stereocenters. The highest BCUT2D eigenvalue weighted by molar-refractivity contribution is 6.74. The minimum atomic E-state index is -1.99. The fourth-order valence-corrected chi connectivity index (χ4v) is 3.95. The van der Waals surface area contributed by atoms with E-state index in [2.05, 4.69) is 33.9 Å². The number of aromatic nitrogens is 2. The van der Waals surface area contributed by atoms with Crippen LogP contribution in [-0.4, -0.2) is 30.1 Å². The third-order valence-electron chi connectivity index (χ3n) is 5.07. The van der Waals surface area contributed by atoms with Crippen LogP contribution in [0.2, 0.25) is 18.1 Å². The Morgan fingerprint density at radius 3 is 2.58 bits per heavy atom. The number of halogens is 1. The van der Waals surface area contributed by atoms with Crippen LogP contribution in [0.4, 0.5) is 4.39 Å². The molecule has 0 aromatic carbocycles. The molecule has 136 valence electrons. The van der Waals surface area contributed by atoms with E-state index >= 15 is 0 Å². The van der Waals surface area contributed by atoms with Crippen molar-refractivity contribution < 1.29 is 13.6 Å². The Hall–Kier alpha value is -1.25. The Morgan fingerprint density at radius 1 is 1.42 bits per heavy atom. The van der Waals surface area contributed by atoms with Gasteiger partial charge in [-0.15, -0.1) is 0 Å². The molecule has 0 bridgehead atoms. The van der Waals surface area contributed by atoms with E-state index in [4.69, 9.17) is 9.16 Å². The molecule has 1 aliphatic rings. The van der Waals surface area contributed by atoms with Crippen LogP contribution in [0.15, 0.2) is 15.8 Å². The highest BCUT2D eigenvalue weighted by Crippen LogP contribution is 2.41. The van der Waals surface area contributed by atoms with Crippen molar-refractivity contribution in [1.82, 2.24) is 9.55 Å². The second kappa shape index (κ2) is 6.57. The lowest BCUT2D eigenvalue weighted by Crippen LogP contribution is -2.45. The van der Waals surface area contributed by atoms with Gasteiger partial charge in [0.25, 0.3) is 5.56 Å². The molecule has 0 spiro atoms. The van der Waals surface area contributed by atoms with E-state index in [0.717, 1.165) is 17.2 Å². The van der Waals surface area contributed by atoms with E-state index in [1.165, 1.54) is 0 Å². The summed E-state index contributed by atoms with van der Waals surface area (Å²) in [5.41, 5.74) is -1.69. The molecule has 1 N–H and O–H groups in total. The average Bonchev–Trinajstić information content (AvgIpc) is 2.83. The molecule has 0 aliphatic carbocycles. The first-order valence-corrected chi connectivity index (χ1v) is 11.2. The van der Waals surface area contributed by atoms with Gasteiger partial charge >= 0.3 is 5.69 Å². The van der Waals surface area contributed by atoms with Crippen molar-refractivity contribution in [2.24, 2.45) is 0 Å². The summed E-state index contributed by atoms with van der Waals surface area (Å²) >= 11 is 0. The number of hydrogen-bond donors (Lipinski definition) is 1. The summed E-state index contributed by atoms with van der Waals surface area (Å²) in [6.07, 6.45) is 1.15. The maximum atomic E-state index is 13.5. The van der Waals surface area contributed by atoms with Crippen molar-refractivity contribution in [3.63, 3.8) is 0 Å². The molecule has 6 nitrogen and oxygen atoms in total. The molecule has 1 aliphatic heterocycles. The third kappa shape index (κ3) is 3.70. The van der Waals surface area contributed by atoms with Gasteiger partial charge in [-0.2, -0.15) is 4.39 Å². The van der Waals surface area contributed by atoms with Crippen LogP contribution >= 0.6 is 0 Å². The topological polar surface area (TPSA) is 73.3 Å². The largest absolute Gasteiger partial charge is 0.411 e. The lowest BCUT2D eigenvalue weighted by atomic mass is 10.1. The zero-order chi connectivity index (χ0) is 18.3. The number of rotatable bonds is 4. The van der Waals surface area contributed by atoms with Crippen LogP contribution in [0.1, 0.15) is 46.8 Å². The third-order valence-corrected chi connectivity index (χ3v) is 9.57. The van der Waals surface area contributed by atoms with Gasteiger partial charge in [0.15, 0.2) is 8.32 Å². The van der Waals surface area contributed by atoms with Crippen LogP contribution < -0.4 is 11.2 Å². The zero-order valence-electron chi connectivity index (χ0n) is 15.2. The Balaban J connectivity index is 2.25. The summed E-state index contributed by atoms with van der Waals surface area (Å²) in [6, 6.07) is 0. The van der Waals surface area contributed by atoms with Crippen LogP contribution in [0.5, 0.6) is 0 Å². The Bertz CT molecular complexity index is 707. The number of nitrogens with zero attached hydrogens (tertiary/aromatic N) is 1. The van der Waals surface area contributed by atoms with Crippen molar-refractivity contribution in [2.45, 2.75) is 77.1 Å². The van der Waals surface area contributed by atoms with Crippen molar-refractivity contribution in [1.29, 1.82) is 0 Å². The van der Waals surface area contributed by atoms with E-state index in [0.29, 0.717) is 6.42 Å². The molecule has 0 saturated carbocycles. The van der Waals surface area contributed by atoms with Crippen LogP contribution in [0.25, 0.3) is 0 Å². The summed E-state index contributed by atoms with van der Waals surface area (Å²) < 4.78 is 27.0. The molecule has 1 aromatic rings. The summed E-state index contributed by atoms with van der Waals surface area (Å²) in [6.45, 7) is 12.8. The Kier molecular flexibility index (Phi) is 5.22. The van der Waals surface area contributed by atoms with Gasteiger partial charge in [0.05, 0.1) is 18.4 Å². The quantitative estimate of drug-likeness (QED) is 0.840. The molecular formula is C16H27FN2O4Si. The first-order chi connectivity index (χ1) is 11.0. The van der Waals surface area contributed by atoms with Gasteiger partial charge < -0.3 is 9.16 Å². The summed E-state index contributed by atoms with van der Waals surface area (Å²) in [5.74, 6) is -1.000. The van der Waals surface area contributed by atoms with Gasteiger partial charge in [0.2, 0.25) is 5.82 Å².